The number of nitrogens with one attached hydrogen (secondary N) is 1. The molecule has 1 N–H and O–H groups in total. The maximum absolute atomic E-state index is 11.9. The minimum absolute atomic E-state index is 0.0346. The zero-order valence-corrected chi connectivity index (χ0v) is 11.5. The van der Waals surface area contributed by atoms with Crippen LogP contribution in [0.5, 0.6) is 0 Å². The van der Waals surface area contributed by atoms with Crippen molar-refractivity contribution >= 4 is 21.8 Å². The minimum atomic E-state index is -0.0346. The summed E-state index contributed by atoms with van der Waals surface area (Å²) in [5.74, 6) is -0.0346. The van der Waals surface area contributed by atoms with E-state index in [9.17, 15) is 4.79 Å². The van der Waals surface area contributed by atoms with Crippen molar-refractivity contribution in [2.75, 3.05) is 5.33 Å². The van der Waals surface area contributed by atoms with E-state index in [-0.39, 0.29) is 11.9 Å². The van der Waals surface area contributed by atoms with Gasteiger partial charge in [-0.15, -0.1) is 0 Å². The molecule has 0 saturated heterocycles. The SMILES string of the molecule is Cc1c(C(=O)NC(C)CCCBr)cnn1C. The van der Waals surface area contributed by atoms with E-state index in [1.165, 1.54) is 0 Å². The van der Waals surface area contributed by atoms with E-state index in [4.69, 9.17) is 0 Å². The van der Waals surface area contributed by atoms with Crippen LogP contribution < -0.4 is 5.32 Å². The quantitative estimate of drug-likeness (QED) is 0.843. The highest BCUT2D eigenvalue weighted by Crippen LogP contribution is 2.07. The Balaban J connectivity index is 2.55. The maximum Gasteiger partial charge on any atom is 0.254 e. The number of aryl methyl sites for hydroxylation is 1. The smallest absolute Gasteiger partial charge is 0.254 e. The van der Waals surface area contributed by atoms with Crippen LogP contribution >= 0.6 is 15.9 Å². The molecule has 0 radical (unpaired) electrons. The summed E-state index contributed by atoms with van der Waals surface area (Å²) in [4.78, 5) is 11.9. The van der Waals surface area contributed by atoms with Crippen molar-refractivity contribution in [1.29, 1.82) is 0 Å². The molecule has 0 aliphatic rings. The molecule has 1 unspecified atom stereocenters. The second-order valence-corrected chi connectivity index (χ2v) is 4.77. The monoisotopic (exact) mass is 287 g/mol. The van der Waals surface area contributed by atoms with E-state index >= 15 is 0 Å². The molecule has 0 aromatic carbocycles. The summed E-state index contributed by atoms with van der Waals surface area (Å²) in [6.45, 7) is 3.91. The van der Waals surface area contributed by atoms with Crippen molar-refractivity contribution < 1.29 is 4.79 Å². The molecule has 0 saturated carbocycles. The van der Waals surface area contributed by atoms with E-state index in [1.807, 2.05) is 20.9 Å². The Bertz CT molecular complexity index is 362. The van der Waals surface area contributed by atoms with Crippen LogP contribution in [0.25, 0.3) is 0 Å². The molecule has 0 aliphatic carbocycles. The second kappa shape index (κ2) is 6.03. The summed E-state index contributed by atoms with van der Waals surface area (Å²) >= 11 is 3.38. The Morgan fingerprint density at radius 3 is 2.88 bits per heavy atom. The van der Waals surface area contributed by atoms with Crippen LogP contribution in [-0.2, 0) is 7.05 Å². The van der Waals surface area contributed by atoms with Crippen molar-refractivity contribution in [2.24, 2.45) is 7.05 Å². The van der Waals surface area contributed by atoms with Crippen molar-refractivity contribution in [3.63, 3.8) is 0 Å². The first-order chi connectivity index (χ1) is 7.56. The number of carbonyl (C=O) groups is 1. The van der Waals surface area contributed by atoms with Gasteiger partial charge in [0.2, 0.25) is 0 Å². The molecular weight excluding hydrogens is 270 g/mol. The van der Waals surface area contributed by atoms with Crippen LogP contribution in [0.3, 0.4) is 0 Å². The van der Waals surface area contributed by atoms with Gasteiger partial charge >= 0.3 is 0 Å². The zero-order valence-electron chi connectivity index (χ0n) is 9.96. The van der Waals surface area contributed by atoms with Gasteiger partial charge < -0.3 is 5.32 Å². The summed E-state index contributed by atoms with van der Waals surface area (Å²) in [7, 11) is 1.83. The molecular formula is C11H18BrN3O. The lowest BCUT2D eigenvalue weighted by atomic mass is 10.1. The lowest BCUT2D eigenvalue weighted by molar-refractivity contribution is 0.0937. The molecule has 1 aromatic heterocycles. The van der Waals surface area contributed by atoms with E-state index in [0.29, 0.717) is 5.56 Å². The van der Waals surface area contributed by atoms with E-state index in [0.717, 1.165) is 23.9 Å². The van der Waals surface area contributed by atoms with Gasteiger partial charge in [0.05, 0.1) is 11.8 Å². The van der Waals surface area contributed by atoms with Crippen molar-refractivity contribution in [2.45, 2.75) is 32.7 Å². The topological polar surface area (TPSA) is 46.9 Å². The molecule has 1 rings (SSSR count). The summed E-state index contributed by atoms with van der Waals surface area (Å²) in [5, 5.41) is 8.00. The number of nitrogens with zero attached hydrogens (tertiary/aromatic N) is 2. The Hall–Kier alpha value is -0.840. The highest BCUT2D eigenvalue weighted by atomic mass is 79.9. The van der Waals surface area contributed by atoms with Crippen LogP contribution in [0, 0.1) is 6.92 Å². The average Bonchev–Trinajstić information content (AvgIpc) is 2.57. The fraction of sp³-hybridized carbons (Fsp3) is 0.636. The van der Waals surface area contributed by atoms with Gasteiger partial charge in [0.1, 0.15) is 0 Å². The van der Waals surface area contributed by atoms with Gasteiger partial charge in [0, 0.05) is 24.1 Å². The standard InChI is InChI=1S/C11H18BrN3O/c1-8(5-4-6-12)14-11(16)10-7-13-15(3)9(10)2/h7-8H,4-6H2,1-3H3,(H,14,16). The Morgan fingerprint density at radius 2 is 2.38 bits per heavy atom. The summed E-state index contributed by atoms with van der Waals surface area (Å²) in [5.41, 5.74) is 1.55. The molecule has 1 aromatic rings. The lowest BCUT2D eigenvalue weighted by Crippen LogP contribution is -2.32. The normalized spacial score (nSPS) is 12.5. The van der Waals surface area contributed by atoms with Gasteiger partial charge in [-0.1, -0.05) is 15.9 Å². The van der Waals surface area contributed by atoms with Crippen LogP contribution in [0.1, 0.15) is 35.8 Å². The predicted molar refractivity (Wildman–Crippen MR) is 67.9 cm³/mol. The fourth-order valence-electron chi connectivity index (χ4n) is 1.48. The van der Waals surface area contributed by atoms with Gasteiger partial charge in [-0.25, -0.2) is 0 Å². The first kappa shape index (κ1) is 13.2. The number of amides is 1. The van der Waals surface area contributed by atoms with Gasteiger partial charge in [-0.2, -0.15) is 5.10 Å². The molecule has 1 heterocycles. The van der Waals surface area contributed by atoms with Gasteiger partial charge in [0.15, 0.2) is 0 Å². The molecule has 0 spiro atoms. The van der Waals surface area contributed by atoms with Gasteiger partial charge in [-0.05, 0) is 26.7 Å². The number of aromatic nitrogens is 2. The Morgan fingerprint density at radius 1 is 1.69 bits per heavy atom. The molecule has 0 bridgehead atoms. The molecule has 1 atom stereocenters. The summed E-state index contributed by atoms with van der Waals surface area (Å²) < 4.78 is 1.71. The number of rotatable bonds is 5. The minimum Gasteiger partial charge on any atom is -0.349 e. The maximum atomic E-state index is 11.9. The van der Waals surface area contributed by atoms with Crippen molar-refractivity contribution in [3.8, 4) is 0 Å². The first-order valence-electron chi connectivity index (χ1n) is 5.41. The molecule has 0 fully saturated rings. The zero-order chi connectivity index (χ0) is 12.1. The Labute approximate surface area is 105 Å². The molecule has 5 heteroatoms. The molecule has 4 nitrogen and oxygen atoms in total. The summed E-state index contributed by atoms with van der Waals surface area (Å²) in [6, 6.07) is 0.199. The fourth-order valence-corrected chi connectivity index (χ4v) is 1.80. The van der Waals surface area contributed by atoms with Crippen LogP contribution in [0.15, 0.2) is 6.20 Å². The number of halogens is 1. The van der Waals surface area contributed by atoms with Crippen LogP contribution in [0.2, 0.25) is 0 Å². The average molecular weight is 288 g/mol. The molecule has 90 valence electrons. The third-order valence-corrected chi connectivity index (χ3v) is 3.19. The number of hydrogen-bond acceptors (Lipinski definition) is 2. The highest BCUT2D eigenvalue weighted by molar-refractivity contribution is 9.09. The van der Waals surface area contributed by atoms with Crippen molar-refractivity contribution in [1.82, 2.24) is 15.1 Å². The largest absolute Gasteiger partial charge is 0.349 e. The third kappa shape index (κ3) is 3.33. The molecule has 0 aliphatic heterocycles. The molecule has 16 heavy (non-hydrogen) atoms. The van der Waals surface area contributed by atoms with Crippen molar-refractivity contribution in [3.05, 3.63) is 17.5 Å². The molecule has 1 amide bonds. The number of carbonyl (C=O) groups excluding carboxylic acids is 1. The number of hydrogen-bond donors (Lipinski definition) is 1. The van der Waals surface area contributed by atoms with Gasteiger partial charge in [-0.3, -0.25) is 9.48 Å². The van der Waals surface area contributed by atoms with Gasteiger partial charge in [0.25, 0.3) is 5.91 Å². The lowest BCUT2D eigenvalue weighted by Gasteiger charge is -2.12. The highest BCUT2D eigenvalue weighted by Gasteiger charge is 2.14. The predicted octanol–water partition coefficient (Wildman–Crippen LogP) is 2.02. The second-order valence-electron chi connectivity index (χ2n) is 3.97. The van der Waals surface area contributed by atoms with E-state index in [2.05, 4.69) is 26.3 Å². The first-order valence-corrected chi connectivity index (χ1v) is 6.53. The van der Waals surface area contributed by atoms with E-state index in [1.54, 1.807) is 10.9 Å². The summed E-state index contributed by atoms with van der Waals surface area (Å²) in [6.07, 6.45) is 3.66. The number of alkyl halides is 1. The van der Waals surface area contributed by atoms with Crippen LogP contribution in [-0.4, -0.2) is 27.1 Å². The van der Waals surface area contributed by atoms with Crippen LogP contribution in [0.4, 0.5) is 0 Å². The Kier molecular flexibility index (Phi) is 4.99. The third-order valence-electron chi connectivity index (χ3n) is 2.63. The van der Waals surface area contributed by atoms with E-state index < -0.39 is 0 Å².